The van der Waals surface area contributed by atoms with Crippen LogP contribution in [0.3, 0.4) is 0 Å². The van der Waals surface area contributed by atoms with Crippen LogP contribution in [0.1, 0.15) is 0 Å². The van der Waals surface area contributed by atoms with Crippen LogP contribution in [-0.4, -0.2) is 50.3 Å². The van der Waals surface area contributed by atoms with Crippen molar-refractivity contribution in [3.8, 4) is 0 Å². The standard InChI is InChI=1S/C8H19F2N3S2/c1-11-3-8(10,6-15)13-4-7(9,5-14)12-2/h11-15H,3-6H2,1-2H3/t7-,8?/m1/s1. The van der Waals surface area contributed by atoms with E-state index in [4.69, 9.17) is 0 Å². The molecule has 0 aliphatic rings. The second kappa shape index (κ2) is 6.90. The SMILES string of the molecule is CNCC(F)(CS)NC[C@](F)(CS)NC. The molecule has 3 nitrogen and oxygen atoms in total. The lowest BCUT2D eigenvalue weighted by atomic mass is 10.2. The molecule has 0 aromatic rings. The summed E-state index contributed by atoms with van der Waals surface area (Å²) >= 11 is 7.74. The van der Waals surface area contributed by atoms with Gasteiger partial charge in [-0.2, -0.15) is 25.3 Å². The van der Waals surface area contributed by atoms with E-state index < -0.39 is 11.6 Å². The second-order valence-electron chi connectivity index (χ2n) is 3.38. The second-order valence-corrected chi connectivity index (χ2v) is 4.01. The first-order valence-corrected chi connectivity index (χ1v) is 5.90. The van der Waals surface area contributed by atoms with Crippen LogP contribution in [0.4, 0.5) is 8.78 Å². The van der Waals surface area contributed by atoms with Crippen LogP contribution >= 0.6 is 25.3 Å². The third kappa shape index (κ3) is 5.35. The molecule has 1 unspecified atom stereocenters. The maximum absolute atomic E-state index is 13.9. The van der Waals surface area contributed by atoms with E-state index in [2.05, 4.69) is 41.2 Å². The Kier molecular flexibility index (Phi) is 7.10. The van der Waals surface area contributed by atoms with Crippen molar-refractivity contribution in [3.63, 3.8) is 0 Å². The van der Waals surface area contributed by atoms with E-state index >= 15 is 0 Å². The van der Waals surface area contributed by atoms with Gasteiger partial charge in [0.2, 0.25) is 0 Å². The molecule has 0 fully saturated rings. The Balaban J connectivity index is 4.20. The van der Waals surface area contributed by atoms with E-state index in [-0.39, 0.29) is 24.6 Å². The predicted octanol–water partition coefficient (Wildman–Crippen LogP) is 0.206. The van der Waals surface area contributed by atoms with Gasteiger partial charge >= 0.3 is 0 Å². The molecule has 0 saturated heterocycles. The molecule has 0 spiro atoms. The minimum atomic E-state index is -1.71. The zero-order chi connectivity index (χ0) is 11.9. The number of rotatable bonds is 8. The summed E-state index contributed by atoms with van der Waals surface area (Å²) in [5.41, 5.74) is 0. The van der Waals surface area contributed by atoms with Crippen LogP contribution in [0.5, 0.6) is 0 Å². The van der Waals surface area contributed by atoms with Gasteiger partial charge in [0.25, 0.3) is 0 Å². The van der Waals surface area contributed by atoms with Gasteiger partial charge in [0.05, 0.1) is 0 Å². The average molecular weight is 259 g/mol. The summed E-state index contributed by atoms with van der Waals surface area (Å²) in [4.78, 5) is 0. The normalized spacial score (nSPS) is 19.6. The minimum Gasteiger partial charge on any atom is -0.315 e. The van der Waals surface area contributed by atoms with Crippen LogP contribution < -0.4 is 16.0 Å². The number of alkyl halides is 2. The molecule has 0 aromatic carbocycles. The van der Waals surface area contributed by atoms with Crippen molar-refractivity contribution in [3.05, 3.63) is 0 Å². The van der Waals surface area contributed by atoms with Gasteiger partial charge in [-0.05, 0) is 14.1 Å². The maximum Gasteiger partial charge on any atom is 0.183 e. The molecule has 92 valence electrons. The smallest absolute Gasteiger partial charge is 0.183 e. The van der Waals surface area contributed by atoms with E-state index in [0.29, 0.717) is 0 Å². The molecule has 0 radical (unpaired) electrons. The van der Waals surface area contributed by atoms with Crippen molar-refractivity contribution in [1.29, 1.82) is 0 Å². The first kappa shape index (κ1) is 15.4. The van der Waals surface area contributed by atoms with E-state index in [1.165, 1.54) is 7.05 Å². The van der Waals surface area contributed by atoms with Crippen molar-refractivity contribution in [1.82, 2.24) is 16.0 Å². The Bertz CT molecular complexity index is 181. The highest BCUT2D eigenvalue weighted by Gasteiger charge is 2.32. The van der Waals surface area contributed by atoms with Crippen LogP contribution in [0.25, 0.3) is 0 Å². The fourth-order valence-corrected chi connectivity index (χ4v) is 1.47. The van der Waals surface area contributed by atoms with E-state index in [1.807, 2.05) is 0 Å². The summed E-state index contributed by atoms with van der Waals surface area (Å²) in [7, 11) is 3.09. The van der Waals surface area contributed by atoms with Crippen molar-refractivity contribution >= 4 is 25.3 Å². The largest absolute Gasteiger partial charge is 0.315 e. The first-order valence-electron chi connectivity index (χ1n) is 4.63. The third-order valence-corrected chi connectivity index (χ3v) is 3.09. The van der Waals surface area contributed by atoms with E-state index in [9.17, 15) is 8.78 Å². The number of thiol groups is 2. The summed E-state index contributed by atoms with van der Waals surface area (Å²) in [5.74, 6) is -3.48. The van der Waals surface area contributed by atoms with Crippen molar-refractivity contribution in [2.24, 2.45) is 0 Å². The molecule has 0 aromatic heterocycles. The third-order valence-electron chi connectivity index (χ3n) is 2.09. The van der Waals surface area contributed by atoms with Gasteiger partial charge in [-0.1, -0.05) is 0 Å². The number of likely N-dealkylation sites (N-methyl/N-ethyl adjacent to an activating group) is 2. The molecule has 0 aliphatic heterocycles. The van der Waals surface area contributed by atoms with Crippen molar-refractivity contribution in [2.75, 3.05) is 38.7 Å². The first-order chi connectivity index (χ1) is 6.95. The minimum absolute atomic E-state index is 0.0276. The average Bonchev–Trinajstić information content (AvgIpc) is 2.26. The van der Waals surface area contributed by atoms with E-state index in [1.54, 1.807) is 7.05 Å². The summed E-state index contributed by atoms with van der Waals surface area (Å²) in [6.07, 6.45) is 0. The molecular weight excluding hydrogens is 240 g/mol. The number of nitrogens with one attached hydrogen (secondary N) is 3. The van der Waals surface area contributed by atoms with Gasteiger partial charge in [-0.15, -0.1) is 0 Å². The molecule has 0 amide bonds. The summed E-state index contributed by atoms with van der Waals surface area (Å²) in [6.45, 7) is -0.0887. The molecule has 0 saturated carbocycles. The van der Waals surface area contributed by atoms with Gasteiger partial charge in [-0.3, -0.25) is 10.6 Å². The fraction of sp³-hybridized carbons (Fsp3) is 1.00. The molecular formula is C8H19F2N3S2. The monoisotopic (exact) mass is 259 g/mol. The summed E-state index contributed by atoms with van der Waals surface area (Å²) in [6, 6.07) is 0. The van der Waals surface area contributed by atoms with Gasteiger partial charge in [0.15, 0.2) is 11.6 Å². The molecule has 0 aliphatic carbocycles. The maximum atomic E-state index is 13.9. The summed E-state index contributed by atoms with van der Waals surface area (Å²) in [5, 5.41) is 7.63. The number of hydrogen-bond donors (Lipinski definition) is 5. The van der Waals surface area contributed by atoms with Gasteiger partial charge in [-0.25, -0.2) is 8.78 Å². The Morgan fingerprint density at radius 2 is 1.53 bits per heavy atom. The van der Waals surface area contributed by atoms with Crippen molar-refractivity contribution in [2.45, 2.75) is 11.6 Å². The molecule has 0 rings (SSSR count). The highest BCUT2D eigenvalue weighted by Crippen LogP contribution is 2.12. The molecule has 3 N–H and O–H groups in total. The highest BCUT2D eigenvalue weighted by molar-refractivity contribution is 7.80. The number of halogens is 2. The molecule has 2 atom stereocenters. The Labute approximate surface area is 101 Å². The Morgan fingerprint density at radius 1 is 1.00 bits per heavy atom. The van der Waals surface area contributed by atoms with Crippen LogP contribution in [0, 0.1) is 0 Å². The molecule has 0 heterocycles. The van der Waals surface area contributed by atoms with Gasteiger partial charge in [0, 0.05) is 24.6 Å². The molecule has 0 bridgehead atoms. The highest BCUT2D eigenvalue weighted by atomic mass is 32.1. The lowest BCUT2D eigenvalue weighted by molar-refractivity contribution is 0.0870. The lowest BCUT2D eigenvalue weighted by Crippen LogP contribution is -2.58. The van der Waals surface area contributed by atoms with Gasteiger partial charge in [0.1, 0.15) is 0 Å². The van der Waals surface area contributed by atoms with Crippen molar-refractivity contribution < 1.29 is 8.78 Å². The fourth-order valence-electron chi connectivity index (χ4n) is 0.976. The van der Waals surface area contributed by atoms with Crippen LogP contribution in [0.2, 0.25) is 0 Å². The predicted molar refractivity (Wildman–Crippen MR) is 66.4 cm³/mol. The molecule has 15 heavy (non-hydrogen) atoms. The Morgan fingerprint density at radius 3 is 1.87 bits per heavy atom. The quantitative estimate of drug-likeness (QED) is 0.319. The van der Waals surface area contributed by atoms with E-state index in [0.717, 1.165) is 0 Å². The zero-order valence-electron chi connectivity index (χ0n) is 8.98. The molecule has 7 heteroatoms. The van der Waals surface area contributed by atoms with Crippen LogP contribution in [-0.2, 0) is 0 Å². The van der Waals surface area contributed by atoms with Gasteiger partial charge < -0.3 is 5.32 Å². The zero-order valence-corrected chi connectivity index (χ0v) is 10.8. The lowest BCUT2D eigenvalue weighted by Gasteiger charge is -2.30. The van der Waals surface area contributed by atoms with Crippen LogP contribution in [0.15, 0.2) is 0 Å². The summed E-state index contributed by atoms with van der Waals surface area (Å²) < 4.78 is 27.5. The Hall–Kier alpha value is 0.440. The number of hydrogen-bond acceptors (Lipinski definition) is 5. The topological polar surface area (TPSA) is 36.1 Å².